The lowest BCUT2D eigenvalue weighted by Crippen LogP contribution is -2.68. The molecule has 0 amide bonds. The quantitative estimate of drug-likeness (QED) is 0.211. The van der Waals surface area contributed by atoms with Gasteiger partial charge in [0.15, 0.2) is 0 Å². The fraction of sp³-hybridized carbons (Fsp3) is 0.586. The van der Waals surface area contributed by atoms with Crippen LogP contribution in [0.2, 0.25) is 0 Å². The number of carbonyl (C=O) groups excluding carboxylic acids is 4. The molecule has 10 heteroatoms. The first-order chi connectivity index (χ1) is 18.5. The van der Waals surface area contributed by atoms with E-state index in [0.717, 1.165) is 5.57 Å². The second kappa shape index (κ2) is 10.1. The van der Waals surface area contributed by atoms with E-state index in [4.69, 9.17) is 28.4 Å². The van der Waals surface area contributed by atoms with Crippen LogP contribution in [0.5, 0.6) is 0 Å². The molecule has 0 N–H and O–H groups in total. The molecule has 3 fully saturated rings. The highest BCUT2D eigenvalue weighted by Crippen LogP contribution is 2.72. The molecule has 2 bridgehead atoms. The van der Waals surface area contributed by atoms with E-state index in [2.05, 4.69) is 0 Å². The van der Waals surface area contributed by atoms with Gasteiger partial charge in [0.05, 0.1) is 36.3 Å². The third-order valence-electron chi connectivity index (χ3n) is 9.01. The molecule has 0 aromatic heterocycles. The van der Waals surface area contributed by atoms with E-state index in [9.17, 15) is 19.2 Å². The summed E-state index contributed by atoms with van der Waals surface area (Å²) in [5.74, 6) is -2.15. The Morgan fingerprint density at radius 3 is 2.41 bits per heavy atom. The Balaban J connectivity index is 1.57. The van der Waals surface area contributed by atoms with Crippen LogP contribution in [0, 0.1) is 10.8 Å². The fourth-order valence-corrected chi connectivity index (χ4v) is 6.78. The van der Waals surface area contributed by atoms with Crippen molar-refractivity contribution in [3.63, 3.8) is 0 Å². The van der Waals surface area contributed by atoms with Crippen molar-refractivity contribution in [1.82, 2.24) is 0 Å². The molecule has 5 rings (SSSR count). The lowest BCUT2D eigenvalue weighted by Gasteiger charge is -2.59. The minimum atomic E-state index is -0.928. The normalized spacial score (nSPS) is 43.2. The zero-order valence-electron chi connectivity index (χ0n) is 22.6. The van der Waals surface area contributed by atoms with Gasteiger partial charge < -0.3 is 28.4 Å². The molecule has 0 radical (unpaired) electrons. The van der Waals surface area contributed by atoms with Crippen molar-refractivity contribution in [1.29, 1.82) is 0 Å². The van der Waals surface area contributed by atoms with Gasteiger partial charge in [-0.1, -0.05) is 30.7 Å². The average molecular weight is 543 g/mol. The summed E-state index contributed by atoms with van der Waals surface area (Å²) in [5.41, 5.74) is -0.971. The molecule has 0 aromatic carbocycles. The number of hydrogen-bond donors (Lipinski definition) is 0. The van der Waals surface area contributed by atoms with Crippen LogP contribution in [-0.4, -0.2) is 73.7 Å². The highest BCUT2D eigenvalue weighted by molar-refractivity contribution is 5.85. The molecule has 1 saturated carbocycles. The van der Waals surface area contributed by atoms with E-state index in [1.165, 1.54) is 37.3 Å². The van der Waals surface area contributed by atoms with Crippen molar-refractivity contribution < 1.29 is 47.6 Å². The Bertz CT molecular complexity index is 1190. The number of allylic oxidation sites excluding steroid dienone is 2. The lowest BCUT2D eigenvalue weighted by atomic mass is 9.51. The van der Waals surface area contributed by atoms with Gasteiger partial charge in [0.1, 0.15) is 24.4 Å². The number of epoxide rings is 1. The summed E-state index contributed by atoms with van der Waals surface area (Å²) in [5, 5.41) is 0. The van der Waals surface area contributed by atoms with E-state index in [1.54, 1.807) is 6.92 Å². The van der Waals surface area contributed by atoms with E-state index < -0.39 is 58.6 Å². The molecule has 10 nitrogen and oxygen atoms in total. The zero-order valence-corrected chi connectivity index (χ0v) is 22.6. The number of ether oxygens (including phenoxy) is 6. The molecule has 3 aliphatic heterocycles. The van der Waals surface area contributed by atoms with Crippen LogP contribution in [0.15, 0.2) is 47.6 Å². The molecule has 2 spiro atoms. The van der Waals surface area contributed by atoms with Gasteiger partial charge in [-0.2, -0.15) is 0 Å². The molecule has 0 unspecified atom stereocenters. The predicted octanol–water partition coefficient (Wildman–Crippen LogP) is 2.66. The van der Waals surface area contributed by atoms with Crippen molar-refractivity contribution in [2.75, 3.05) is 19.8 Å². The Kier molecular flexibility index (Phi) is 7.05. The van der Waals surface area contributed by atoms with Gasteiger partial charge in [0.25, 0.3) is 0 Å². The summed E-state index contributed by atoms with van der Waals surface area (Å²) in [6, 6.07) is 0. The Labute approximate surface area is 226 Å². The standard InChI is InChI=1S/C29H34O10/c1-17-9-10-34-24(31)7-5-6-8-25(32)39-21-13-23-29(16-36-29)27(21,4)28(15-35-26(33)11-17)14-20(37-19(3)30)18(2)12-22(28)38-23/h5-8,11-12,20-23H,9-10,13-16H2,1-4H3/b7-5+,8-6-,17-11-/t20-,21+,22+,23+,27+,28+,29-/m0/s1. The Morgan fingerprint density at radius 2 is 1.72 bits per heavy atom. The van der Waals surface area contributed by atoms with Gasteiger partial charge >= 0.3 is 23.9 Å². The monoisotopic (exact) mass is 542 g/mol. The van der Waals surface area contributed by atoms with Crippen molar-refractivity contribution in [3.05, 3.63) is 47.6 Å². The molecule has 2 saturated heterocycles. The predicted molar refractivity (Wildman–Crippen MR) is 135 cm³/mol. The topological polar surface area (TPSA) is 127 Å². The Hall–Kier alpha value is -3.24. The number of cyclic esters (lactones) is 2. The van der Waals surface area contributed by atoms with Crippen LogP contribution >= 0.6 is 0 Å². The number of carbonyl (C=O) groups is 4. The summed E-state index contributed by atoms with van der Waals surface area (Å²) < 4.78 is 35.4. The van der Waals surface area contributed by atoms with Crippen molar-refractivity contribution >= 4 is 23.9 Å². The van der Waals surface area contributed by atoms with E-state index in [-0.39, 0.29) is 19.3 Å². The number of rotatable bonds is 1. The largest absolute Gasteiger partial charge is 0.462 e. The van der Waals surface area contributed by atoms with Gasteiger partial charge in [-0.05, 0) is 19.4 Å². The van der Waals surface area contributed by atoms with E-state index >= 15 is 0 Å². The maximum absolute atomic E-state index is 13.0. The van der Waals surface area contributed by atoms with Gasteiger partial charge in [-0.3, -0.25) is 4.79 Å². The maximum atomic E-state index is 13.0. The first-order valence-corrected chi connectivity index (χ1v) is 13.2. The van der Waals surface area contributed by atoms with Crippen LogP contribution < -0.4 is 0 Å². The summed E-state index contributed by atoms with van der Waals surface area (Å²) in [4.78, 5) is 49.8. The molecule has 7 atom stereocenters. The van der Waals surface area contributed by atoms with Crippen LogP contribution in [0.4, 0.5) is 0 Å². The molecule has 3 heterocycles. The Morgan fingerprint density at radius 1 is 1.00 bits per heavy atom. The fourth-order valence-electron chi connectivity index (χ4n) is 6.78. The van der Waals surface area contributed by atoms with Crippen LogP contribution in [0.25, 0.3) is 0 Å². The van der Waals surface area contributed by atoms with Crippen LogP contribution in [-0.2, 0) is 47.6 Å². The first-order valence-electron chi connectivity index (χ1n) is 13.2. The number of hydrogen-bond acceptors (Lipinski definition) is 10. The third-order valence-corrected chi connectivity index (χ3v) is 9.01. The van der Waals surface area contributed by atoms with Gasteiger partial charge in [-0.25, -0.2) is 14.4 Å². The summed E-state index contributed by atoms with van der Waals surface area (Å²) in [7, 11) is 0. The summed E-state index contributed by atoms with van der Waals surface area (Å²) >= 11 is 0. The minimum absolute atomic E-state index is 0.0717. The average Bonchev–Trinajstić information content (AvgIpc) is 3.64. The summed E-state index contributed by atoms with van der Waals surface area (Å²) in [6.07, 6.45) is 7.59. The lowest BCUT2D eigenvalue weighted by molar-refractivity contribution is -0.239. The SMILES string of the molecule is CC(=O)O[C@H]1C[C@@]23COC(=O)/C=C(/C)CCOC(=O)/C=C/C=C\C(=O)O[C@@H]4C[C@@H](O[C@@H]2C=C1C)[C@@]1(CO1)[C@]43C. The zero-order chi connectivity index (χ0) is 28.0. The van der Waals surface area contributed by atoms with E-state index in [0.29, 0.717) is 31.4 Å². The van der Waals surface area contributed by atoms with Gasteiger partial charge in [-0.15, -0.1) is 0 Å². The summed E-state index contributed by atoms with van der Waals surface area (Å²) in [6.45, 7) is 7.41. The van der Waals surface area contributed by atoms with Crippen LogP contribution in [0.3, 0.4) is 0 Å². The number of esters is 4. The van der Waals surface area contributed by atoms with Gasteiger partial charge in [0, 0.05) is 44.4 Å². The third kappa shape index (κ3) is 4.63. The first kappa shape index (κ1) is 27.3. The van der Waals surface area contributed by atoms with Crippen molar-refractivity contribution in [3.8, 4) is 0 Å². The van der Waals surface area contributed by atoms with E-state index in [1.807, 2.05) is 19.9 Å². The minimum Gasteiger partial charge on any atom is -0.462 e. The highest BCUT2D eigenvalue weighted by Gasteiger charge is 2.83. The maximum Gasteiger partial charge on any atom is 0.331 e. The molecular weight excluding hydrogens is 508 g/mol. The molecule has 210 valence electrons. The van der Waals surface area contributed by atoms with Crippen molar-refractivity contribution in [2.45, 2.75) is 77.0 Å². The van der Waals surface area contributed by atoms with Crippen LogP contribution in [0.1, 0.15) is 47.0 Å². The second-order valence-corrected chi connectivity index (χ2v) is 11.2. The molecule has 2 aliphatic carbocycles. The molecule has 39 heavy (non-hydrogen) atoms. The second-order valence-electron chi connectivity index (χ2n) is 11.2. The molecule has 5 aliphatic rings. The molecule has 0 aromatic rings. The highest BCUT2D eigenvalue weighted by atomic mass is 16.6. The van der Waals surface area contributed by atoms with Gasteiger partial charge in [0.2, 0.25) is 0 Å². The van der Waals surface area contributed by atoms with Crippen molar-refractivity contribution in [2.24, 2.45) is 10.8 Å². The smallest absolute Gasteiger partial charge is 0.331 e. The molecular formula is C29H34O10.